The molecule has 7 heteroatoms. The van der Waals surface area contributed by atoms with E-state index in [1.54, 1.807) is 18.0 Å². The summed E-state index contributed by atoms with van der Waals surface area (Å²) in [6, 6.07) is 10.5. The van der Waals surface area contributed by atoms with Crippen LogP contribution in [0.1, 0.15) is 18.4 Å². The molecule has 0 bridgehead atoms. The Morgan fingerprint density at radius 3 is 2.92 bits per heavy atom. The van der Waals surface area contributed by atoms with Crippen molar-refractivity contribution in [3.05, 3.63) is 60.7 Å². The van der Waals surface area contributed by atoms with Crippen LogP contribution >= 0.6 is 11.8 Å². The van der Waals surface area contributed by atoms with Crippen molar-refractivity contribution in [2.45, 2.75) is 30.2 Å². The third kappa shape index (κ3) is 4.40. The maximum Gasteiger partial charge on any atom is 0.148 e. The number of rotatable bonds is 6. The first-order valence-electron chi connectivity index (χ1n) is 8.94. The van der Waals surface area contributed by atoms with Crippen LogP contribution in [-0.2, 0) is 12.3 Å². The molecule has 26 heavy (non-hydrogen) atoms. The highest BCUT2D eigenvalue weighted by Gasteiger charge is 2.22. The maximum absolute atomic E-state index is 4.83. The fourth-order valence-electron chi connectivity index (χ4n) is 3.31. The number of piperidine rings is 1. The van der Waals surface area contributed by atoms with E-state index in [4.69, 9.17) is 4.98 Å². The predicted molar refractivity (Wildman–Crippen MR) is 103 cm³/mol. The molecule has 0 spiro atoms. The van der Waals surface area contributed by atoms with E-state index >= 15 is 0 Å². The Morgan fingerprint density at radius 1 is 1.15 bits per heavy atom. The highest BCUT2D eigenvalue weighted by molar-refractivity contribution is 7.98. The molecule has 4 rings (SSSR count). The second-order valence-corrected chi connectivity index (χ2v) is 7.56. The molecule has 1 aliphatic heterocycles. The Morgan fingerprint density at radius 2 is 2.08 bits per heavy atom. The number of hydrogen-bond donors (Lipinski definition) is 0. The summed E-state index contributed by atoms with van der Waals surface area (Å²) in [6.45, 7) is 2.93. The van der Waals surface area contributed by atoms with Gasteiger partial charge in [0.15, 0.2) is 0 Å². The normalized spacial score (nSPS) is 17.4. The van der Waals surface area contributed by atoms with Crippen LogP contribution in [0.3, 0.4) is 0 Å². The fraction of sp³-hybridized carbons (Fsp3) is 0.368. The summed E-state index contributed by atoms with van der Waals surface area (Å²) in [6.07, 6.45) is 9.78. The molecular formula is C19H22N6S. The van der Waals surface area contributed by atoms with E-state index in [0.29, 0.717) is 5.92 Å². The molecule has 1 atom stereocenters. The van der Waals surface area contributed by atoms with Gasteiger partial charge >= 0.3 is 0 Å². The molecule has 3 heterocycles. The summed E-state index contributed by atoms with van der Waals surface area (Å²) in [7, 11) is 0. The summed E-state index contributed by atoms with van der Waals surface area (Å²) in [5, 5.41) is 8.96. The van der Waals surface area contributed by atoms with Gasteiger partial charge in [-0.2, -0.15) is 0 Å². The number of anilines is 1. The molecular weight excluding hydrogens is 344 g/mol. The van der Waals surface area contributed by atoms with Gasteiger partial charge in [-0.3, -0.25) is 9.67 Å². The van der Waals surface area contributed by atoms with Gasteiger partial charge in [0.05, 0.1) is 18.6 Å². The molecule has 3 aromatic rings. The van der Waals surface area contributed by atoms with E-state index in [1.165, 1.54) is 18.4 Å². The van der Waals surface area contributed by atoms with Crippen LogP contribution in [0.15, 0.2) is 60.1 Å². The molecule has 0 radical (unpaired) electrons. The van der Waals surface area contributed by atoms with Gasteiger partial charge in [-0.15, -0.1) is 16.9 Å². The van der Waals surface area contributed by atoms with Crippen molar-refractivity contribution in [3.63, 3.8) is 0 Å². The average molecular weight is 366 g/mol. The molecule has 1 saturated heterocycles. The van der Waals surface area contributed by atoms with Crippen molar-refractivity contribution in [1.82, 2.24) is 25.0 Å². The van der Waals surface area contributed by atoms with Gasteiger partial charge < -0.3 is 4.90 Å². The van der Waals surface area contributed by atoms with Crippen LogP contribution in [0.5, 0.6) is 0 Å². The number of benzene rings is 1. The molecule has 0 saturated carbocycles. The standard InChI is InChI=1S/C19H22N6S/c1-2-5-16(6-3-1)15-26-19-12-20-11-18(22-19)24-9-4-7-17(13-24)14-25-10-8-21-23-25/h1-3,5-6,8,10-12,17H,4,7,9,13-15H2. The van der Waals surface area contributed by atoms with Gasteiger partial charge in [0.25, 0.3) is 0 Å². The van der Waals surface area contributed by atoms with Gasteiger partial charge in [0.2, 0.25) is 0 Å². The van der Waals surface area contributed by atoms with Crippen LogP contribution in [0.4, 0.5) is 5.82 Å². The van der Waals surface area contributed by atoms with Gasteiger partial charge in [-0.25, -0.2) is 4.98 Å². The SMILES string of the molecule is c1ccc(CSc2cncc(N3CCCC(Cn4ccnn4)C3)n2)cc1. The minimum absolute atomic E-state index is 0.563. The number of aromatic nitrogens is 5. The topological polar surface area (TPSA) is 59.7 Å². The molecule has 1 fully saturated rings. The molecule has 0 aliphatic carbocycles. The number of thioether (sulfide) groups is 1. The van der Waals surface area contributed by atoms with Gasteiger partial charge in [0, 0.05) is 31.6 Å². The molecule has 1 aliphatic rings. The van der Waals surface area contributed by atoms with E-state index in [1.807, 2.05) is 29.3 Å². The lowest BCUT2D eigenvalue weighted by atomic mass is 9.98. The predicted octanol–water partition coefficient (Wildman–Crippen LogP) is 3.28. The first-order valence-corrected chi connectivity index (χ1v) is 9.93. The lowest BCUT2D eigenvalue weighted by Crippen LogP contribution is -2.37. The van der Waals surface area contributed by atoms with Crippen molar-refractivity contribution < 1.29 is 0 Å². The fourth-order valence-corrected chi connectivity index (χ4v) is 4.11. The average Bonchev–Trinajstić information content (AvgIpc) is 3.21. The summed E-state index contributed by atoms with van der Waals surface area (Å²) < 4.78 is 1.92. The Bertz CT molecular complexity index is 808. The summed E-state index contributed by atoms with van der Waals surface area (Å²) in [5.74, 6) is 2.45. The minimum atomic E-state index is 0.563. The van der Waals surface area contributed by atoms with Gasteiger partial charge in [0.1, 0.15) is 10.8 Å². The van der Waals surface area contributed by atoms with E-state index < -0.39 is 0 Å². The van der Waals surface area contributed by atoms with E-state index in [2.05, 4.69) is 44.5 Å². The Kier molecular flexibility index (Phi) is 5.44. The Labute approximate surface area is 157 Å². The highest BCUT2D eigenvalue weighted by Crippen LogP contribution is 2.25. The minimum Gasteiger partial charge on any atom is -0.355 e. The zero-order chi connectivity index (χ0) is 17.6. The Balaban J connectivity index is 1.39. The van der Waals surface area contributed by atoms with Crippen molar-refractivity contribution in [1.29, 1.82) is 0 Å². The van der Waals surface area contributed by atoms with Crippen LogP contribution in [0.2, 0.25) is 0 Å². The third-order valence-electron chi connectivity index (χ3n) is 4.59. The van der Waals surface area contributed by atoms with Crippen LogP contribution < -0.4 is 4.90 Å². The summed E-state index contributed by atoms with van der Waals surface area (Å²) in [5.41, 5.74) is 1.30. The lowest BCUT2D eigenvalue weighted by Gasteiger charge is -2.33. The third-order valence-corrected chi connectivity index (χ3v) is 5.56. The second kappa shape index (κ2) is 8.31. The monoisotopic (exact) mass is 366 g/mol. The van der Waals surface area contributed by atoms with Crippen LogP contribution in [0.25, 0.3) is 0 Å². The van der Waals surface area contributed by atoms with Crippen molar-refractivity contribution in [2.75, 3.05) is 18.0 Å². The number of hydrogen-bond acceptors (Lipinski definition) is 6. The lowest BCUT2D eigenvalue weighted by molar-refractivity contribution is 0.347. The second-order valence-electron chi connectivity index (χ2n) is 6.57. The Hall–Kier alpha value is -2.41. The zero-order valence-electron chi connectivity index (χ0n) is 14.6. The summed E-state index contributed by atoms with van der Waals surface area (Å²) in [4.78, 5) is 11.6. The smallest absolute Gasteiger partial charge is 0.148 e. The first kappa shape index (κ1) is 17.0. The molecule has 2 aromatic heterocycles. The van der Waals surface area contributed by atoms with Crippen molar-refractivity contribution in [3.8, 4) is 0 Å². The van der Waals surface area contributed by atoms with Gasteiger partial charge in [-0.1, -0.05) is 35.5 Å². The molecule has 0 amide bonds. The largest absolute Gasteiger partial charge is 0.355 e. The molecule has 1 aromatic carbocycles. The first-order chi connectivity index (χ1) is 12.9. The van der Waals surface area contributed by atoms with Gasteiger partial charge in [-0.05, 0) is 24.3 Å². The summed E-state index contributed by atoms with van der Waals surface area (Å²) >= 11 is 1.73. The number of nitrogens with zero attached hydrogens (tertiary/aromatic N) is 6. The van der Waals surface area contributed by atoms with E-state index in [0.717, 1.165) is 36.2 Å². The van der Waals surface area contributed by atoms with E-state index in [9.17, 15) is 0 Å². The zero-order valence-corrected chi connectivity index (χ0v) is 15.4. The van der Waals surface area contributed by atoms with Crippen molar-refractivity contribution in [2.24, 2.45) is 5.92 Å². The maximum atomic E-state index is 4.83. The van der Waals surface area contributed by atoms with Crippen LogP contribution in [-0.4, -0.2) is 38.1 Å². The van der Waals surface area contributed by atoms with E-state index in [-0.39, 0.29) is 0 Å². The molecule has 1 unspecified atom stereocenters. The van der Waals surface area contributed by atoms with Crippen LogP contribution in [0, 0.1) is 5.92 Å². The highest BCUT2D eigenvalue weighted by atomic mass is 32.2. The quantitative estimate of drug-likeness (QED) is 0.624. The molecule has 134 valence electrons. The van der Waals surface area contributed by atoms with Crippen molar-refractivity contribution >= 4 is 17.6 Å². The molecule has 0 N–H and O–H groups in total. The molecule has 6 nitrogen and oxygen atoms in total.